The van der Waals surface area contributed by atoms with Gasteiger partial charge in [0, 0.05) is 18.0 Å². The molecule has 6 nitrogen and oxygen atoms in total. The number of hydrogen-bond acceptors (Lipinski definition) is 4. The van der Waals surface area contributed by atoms with Crippen LogP contribution in [0.3, 0.4) is 0 Å². The van der Waals surface area contributed by atoms with Crippen LogP contribution in [-0.4, -0.2) is 22.3 Å². The van der Waals surface area contributed by atoms with Crippen LogP contribution in [0.2, 0.25) is 0 Å². The summed E-state index contributed by atoms with van der Waals surface area (Å²) in [7, 11) is 0. The van der Waals surface area contributed by atoms with Crippen molar-refractivity contribution in [1.82, 2.24) is 9.55 Å². The number of carbonyl (C=O) groups excluding carboxylic acids is 1. The van der Waals surface area contributed by atoms with Crippen molar-refractivity contribution in [2.75, 3.05) is 12.1 Å². The van der Waals surface area contributed by atoms with Gasteiger partial charge in [0.05, 0.1) is 11.3 Å². The first-order valence-corrected chi connectivity index (χ1v) is 8.84. The predicted molar refractivity (Wildman–Crippen MR) is 96.2 cm³/mol. The molecule has 0 bridgehead atoms. The van der Waals surface area contributed by atoms with Crippen LogP contribution in [0.15, 0.2) is 48.8 Å². The van der Waals surface area contributed by atoms with Crippen molar-refractivity contribution < 1.29 is 27.4 Å². The van der Waals surface area contributed by atoms with Gasteiger partial charge in [-0.2, -0.15) is 13.2 Å². The fraction of sp³-hybridized carbons (Fsp3) is 0.200. The van der Waals surface area contributed by atoms with Gasteiger partial charge in [0.2, 0.25) is 12.7 Å². The van der Waals surface area contributed by atoms with Crippen LogP contribution in [0.25, 0.3) is 5.69 Å². The fourth-order valence-electron chi connectivity index (χ4n) is 3.64. The summed E-state index contributed by atoms with van der Waals surface area (Å²) in [6.45, 7) is 0.138. The van der Waals surface area contributed by atoms with Gasteiger partial charge in [-0.05, 0) is 35.9 Å². The molecule has 0 saturated carbocycles. The molecule has 148 valence electrons. The maximum absolute atomic E-state index is 13.1. The molecule has 2 aliphatic heterocycles. The van der Waals surface area contributed by atoms with E-state index in [1.54, 1.807) is 12.1 Å². The molecule has 3 heterocycles. The van der Waals surface area contributed by atoms with Crippen LogP contribution in [0, 0.1) is 0 Å². The predicted octanol–water partition coefficient (Wildman–Crippen LogP) is 4.09. The van der Waals surface area contributed by atoms with E-state index >= 15 is 0 Å². The van der Waals surface area contributed by atoms with Crippen molar-refractivity contribution >= 4 is 11.7 Å². The Bertz CT molecular complexity index is 1120. The van der Waals surface area contributed by atoms with E-state index in [4.69, 9.17) is 9.47 Å². The summed E-state index contributed by atoms with van der Waals surface area (Å²) in [5.41, 5.74) is 0.896. The van der Waals surface area contributed by atoms with E-state index in [1.165, 1.54) is 23.0 Å². The highest BCUT2D eigenvalue weighted by molar-refractivity contribution is 5.94. The highest BCUT2D eigenvalue weighted by atomic mass is 19.4. The Hall–Kier alpha value is -3.49. The van der Waals surface area contributed by atoms with Crippen molar-refractivity contribution in [3.63, 3.8) is 0 Å². The fourth-order valence-corrected chi connectivity index (χ4v) is 3.64. The Kier molecular flexibility index (Phi) is 3.80. The van der Waals surface area contributed by atoms with E-state index in [-0.39, 0.29) is 30.7 Å². The second kappa shape index (κ2) is 6.26. The van der Waals surface area contributed by atoms with Gasteiger partial charge in [0.1, 0.15) is 12.1 Å². The zero-order valence-corrected chi connectivity index (χ0v) is 14.9. The first kappa shape index (κ1) is 17.6. The van der Waals surface area contributed by atoms with Crippen LogP contribution < -0.4 is 14.8 Å². The highest BCUT2D eigenvalue weighted by Crippen LogP contribution is 2.41. The molecule has 2 aliphatic rings. The molecule has 0 saturated heterocycles. The number of carbonyl (C=O) groups is 1. The Morgan fingerprint density at radius 2 is 1.93 bits per heavy atom. The molecule has 9 heteroatoms. The number of nitrogens with one attached hydrogen (secondary N) is 1. The van der Waals surface area contributed by atoms with Gasteiger partial charge in [-0.3, -0.25) is 9.36 Å². The first-order valence-electron chi connectivity index (χ1n) is 8.84. The summed E-state index contributed by atoms with van der Waals surface area (Å²) in [5.74, 6) is 0.994. The van der Waals surface area contributed by atoms with E-state index in [0.717, 1.165) is 17.7 Å². The molecule has 0 aliphatic carbocycles. The minimum atomic E-state index is -4.46. The number of fused-ring (bicyclic) bond motifs is 2. The van der Waals surface area contributed by atoms with E-state index in [2.05, 4.69) is 10.3 Å². The maximum Gasteiger partial charge on any atom is 0.416 e. The summed E-state index contributed by atoms with van der Waals surface area (Å²) >= 11 is 0. The zero-order valence-electron chi connectivity index (χ0n) is 14.9. The highest BCUT2D eigenvalue weighted by Gasteiger charge is 2.33. The average molecular weight is 401 g/mol. The number of imidazole rings is 1. The normalized spacial score (nSPS) is 17.8. The number of anilines is 1. The van der Waals surface area contributed by atoms with Gasteiger partial charge >= 0.3 is 6.18 Å². The van der Waals surface area contributed by atoms with Crippen molar-refractivity contribution in [1.29, 1.82) is 0 Å². The number of amides is 1. The molecule has 1 N–H and O–H groups in total. The van der Waals surface area contributed by atoms with Gasteiger partial charge in [-0.15, -0.1) is 0 Å². The van der Waals surface area contributed by atoms with Crippen LogP contribution in [0.5, 0.6) is 11.5 Å². The summed E-state index contributed by atoms with van der Waals surface area (Å²) in [4.78, 5) is 16.8. The summed E-state index contributed by atoms with van der Waals surface area (Å²) in [6.07, 6.45) is -2.87. The second-order valence-electron chi connectivity index (χ2n) is 6.81. The Balaban J connectivity index is 1.58. The molecule has 3 aromatic rings. The van der Waals surface area contributed by atoms with Gasteiger partial charge < -0.3 is 14.8 Å². The van der Waals surface area contributed by atoms with E-state index in [0.29, 0.717) is 23.0 Å². The van der Waals surface area contributed by atoms with Crippen LogP contribution >= 0.6 is 0 Å². The number of nitrogens with zero attached hydrogens (tertiary/aromatic N) is 2. The molecular weight excluding hydrogens is 387 g/mol. The molecule has 29 heavy (non-hydrogen) atoms. The Morgan fingerprint density at radius 1 is 1.10 bits per heavy atom. The Labute approximate surface area is 162 Å². The average Bonchev–Trinajstić information content (AvgIpc) is 3.33. The third-order valence-electron chi connectivity index (χ3n) is 5.02. The first-order chi connectivity index (χ1) is 13.9. The minimum absolute atomic E-state index is 0.138. The minimum Gasteiger partial charge on any atom is -0.454 e. The molecule has 2 aromatic carbocycles. The second-order valence-corrected chi connectivity index (χ2v) is 6.81. The summed E-state index contributed by atoms with van der Waals surface area (Å²) in [6, 6.07) is 10.3. The smallest absolute Gasteiger partial charge is 0.416 e. The van der Waals surface area contributed by atoms with E-state index < -0.39 is 11.7 Å². The SMILES string of the molecule is O=C1C[C@@H](c2ccc3c(c2)OCO3)c2ncn(-c3cccc(C(F)(F)F)c3)c2N1. The number of halogens is 3. The van der Waals surface area contributed by atoms with E-state index in [9.17, 15) is 18.0 Å². The molecule has 0 radical (unpaired) electrons. The summed E-state index contributed by atoms with van der Waals surface area (Å²) in [5, 5.41) is 2.74. The van der Waals surface area contributed by atoms with Gasteiger partial charge in [-0.25, -0.2) is 4.98 Å². The lowest BCUT2D eigenvalue weighted by molar-refractivity contribution is -0.137. The van der Waals surface area contributed by atoms with Crippen LogP contribution in [0.4, 0.5) is 19.0 Å². The molecule has 1 aromatic heterocycles. The molecular formula is C20H14F3N3O3. The third kappa shape index (κ3) is 2.98. The standard InChI is InChI=1S/C20H14F3N3O3/c21-20(22,23)12-2-1-3-13(7-12)26-9-24-18-14(8-17(27)25-19(18)26)11-4-5-15-16(6-11)29-10-28-15/h1-7,9,14H,8,10H2,(H,25,27)/t14-/m0/s1. The number of rotatable bonds is 2. The summed E-state index contributed by atoms with van der Waals surface area (Å²) < 4.78 is 51.4. The largest absolute Gasteiger partial charge is 0.454 e. The van der Waals surface area contributed by atoms with Gasteiger partial charge in [0.25, 0.3) is 0 Å². The van der Waals surface area contributed by atoms with Crippen molar-refractivity contribution in [3.05, 3.63) is 65.6 Å². The maximum atomic E-state index is 13.1. The number of ether oxygens (including phenoxy) is 2. The molecule has 0 spiro atoms. The van der Waals surface area contributed by atoms with Crippen LogP contribution in [-0.2, 0) is 11.0 Å². The topological polar surface area (TPSA) is 65.4 Å². The molecule has 5 rings (SSSR count). The number of hydrogen-bond donors (Lipinski definition) is 1. The number of alkyl halides is 3. The van der Waals surface area contributed by atoms with Gasteiger partial charge in [0.15, 0.2) is 11.5 Å². The van der Waals surface area contributed by atoms with Gasteiger partial charge in [-0.1, -0.05) is 12.1 Å². The zero-order chi connectivity index (χ0) is 20.2. The number of benzene rings is 2. The lowest BCUT2D eigenvalue weighted by Gasteiger charge is -2.23. The molecule has 1 amide bonds. The lowest BCUT2D eigenvalue weighted by atomic mass is 9.89. The Morgan fingerprint density at radius 3 is 2.76 bits per heavy atom. The molecule has 1 atom stereocenters. The van der Waals surface area contributed by atoms with Crippen molar-refractivity contribution in [3.8, 4) is 17.2 Å². The van der Waals surface area contributed by atoms with E-state index in [1.807, 2.05) is 6.07 Å². The number of aromatic nitrogens is 2. The van der Waals surface area contributed by atoms with Crippen molar-refractivity contribution in [2.45, 2.75) is 18.5 Å². The molecule has 0 unspecified atom stereocenters. The van der Waals surface area contributed by atoms with Crippen molar-refractivity contribution in [2.24, 2.45) is 0 Å². The third-order valence-corrected chi connectivity index (χ3v) is 5.02. The lowest BCUT2D eigenvalue weighted by Crippen LogP contribution is -2.25. The van der Waals surface area contributed by atoms with Crippen LogP contribution in [0.1, 0.15) is 29.2 Å². The monoisotopic (exact) mass is 401 g/mol. The quantitative estimate of drug-likeness (QED) is 0.703. The molecule has 0 fully saturated rings.